The van der Waals surface area contributed by atoms with E-state index in [1.54, 1.807) is 11.6 Å². The molecule has 130 valence electrons. The number of aromatic amines is 1. The maximum absolute atomic E-state index is 12.8. The minimum atomic E-state index is -3.70. The third kappa shape index (κ3) is 3.11. The Labute approximate surface area is 149 Å². The molecule has 0 bridgehead atoms. The topological polar surface area (TPSA) is 88.1 Å². The van der Waals surface area contributed by atoms with Gasteiger partial charge in [-0.2, -0.15) is 9.40 Å². The van der Waals surface area contributed by atoms with Crippen LogP contribution < -0.4 is 5.69 Å². The van der Waals surface area contributed by atoms with Crippen LogP contribution in [0.25, 0.3) is 0 Å². The summed E-state index contributed by atoms with van der Waals surface area (Å²) < 4.78 is 28.5. The van der Waals surface area contributed by atoms with Gasteiger partial charge in [-0.05, 0) is 31.0 Å². The summed E-state index contributed by atoms with van der Waals surface area (Å²) in [4.78, 5) is 11.8. The van der Waals surface area contributed by atoms with Crippen LogP contribution in [0.3, 0.4) is 0 Å². The van der Waals surface area contributed by atoms with Crippen molar-refractivity contribution in [2.24, 2.45) is 0 Å². The second-order valence-electron chi connectivity index (χ2n) is 5.67. The van der Waals surface area contributed by atoms with Crippen molar-refractivity contribution in [2.75, 3.05) is 7.05 Å². The molecule has 0 spiro atoms. The summed E-state index contributed by atoms with van der Waals surface area (Å²) in [6.45, 7) is 0.427. The molecule has 0 fully saturated rings. The van der Waals surface area contributed by atoms with Crippen LogP contribution in [0.2, 0.25) is 10.0 Å². The Morgan fingerprint density at radius 2 is 2.04 bits per heavy atom. The summed E-state index contributed by atoms with van der Waals surface area (Å²) in [5.41, 5.74) is -0.263. The van der Waals surface area contributed by atoms with Crippen LogP contribution in [0.15, 0.2) is 27.9 Å². The Kier molecular flexibility index (Phi) is 4.74. The average molecular weight is 391 g/mol. The normalized spacial score (nSPS) is 18.4. The molecule has 1 atom stereocenters. The van der Waals surface area contributed by atoms with Crippen molar-refractivity contribution in [3.63, 3.8) is 0 Å². The molecule has 1 aromatic carbocycles. The third-order valence-corrected chi connectivity index (χ3v) is 6.95. The number of aromatic nitrogens is 3. The summed E-state index contributed by atoms with van der Waals surface area (Å²) in [5, 5.41) is 6.89. The van der Waals surface area contributed by atoms with Gasteiger partial charge in [-0.25, -0.2) is 18.3 Å². The fourth-order valence-electron chi connectivity index (χ4n) is 2.85. The van der Waals surface area contributed by atoms with Gasteiger partial charge in [-0.15, -0.1) is 0 Å². The fourth-order valence-corrected chi connectivity index (χ4v) is 4.66. The second kappa shape index (κ2) is 6.51. The van der Waals surface area contributed by atoms with Crippen LogP contribution in [0.5, 0.6) is 0 Å². The molecular weight excluding hydrogens is 375 g/mol. The Morgan fingerprint density at radius 3 is 2.75 bits per heavy atom. The van der Waals surface area contributed by atoms with Crippen LogP contribution in [0.4, 0.5) is 0 Å². The Bertz CT molecular complexity index is 922. The van der Waals surface area contributed by atoms with Gasteiger partial charge < -0.3 is 0 Å². The molecule has 1 aliphatic rings. The monoisotopic (exact) mass is 390 g/mol. The molecule has 0 amide bonds. The van der Waals surface area contributed by atoms with E-state index in [9.17, 15) is 13.2 Å². The highest BCUT2D eigenvalue weighted by atomic mass is 35.5. The number of H-pyrrole nitrogens is 1. The number of nitrogens with one attached hydrogen (secondary N) is 1. The second-order valence-corrected chi connectivity index (χ2v) is 8.49. The van der Waals surface area contributed by atoms with Crippen LogP contribution in [0.1, 0.15) is 18.7 Å². The first kappa shape index (κ1) is 17.5. The number of halogens is 2. The van der Waals surface area contributed by atoms with Crippen LogP contribution >= 0.6 is 23.2 Å². The van der Waals surface area contributed by atoms with E-state index in [1.165, 1.54) is 22.5 Å². The zero-order valence-corrected chi connectivity index (χ0v) is 15.2. The number of fused-ring (bicyclic) bond motifs is 1. The van der Waals surface area contributed by atoms with Crippen LogP contribution in [-0.4, -0.2) is 40.6 Å². The van der Waals surface area contributed by atoms with Crippen molar-refractivity contribution < 1.29 is 8.42 Å². The molecule has 1 aromatic heterocycles. The SMILES string of the molecule is CN(C1CCc2n[nH]c(=O)n2CC1)S(=O)(=O)c1ccc(Cl)c(Cl)c1. The van der Waals surface area contributed by atoms with Gasteiger partial charge in [0.1, 0.15) is 5.82 Å². The number of sulfonamides is 1. The molecule has 2 aromatic rings. The fraction of sp³-hybridized carbons (Fsp3) is 0.429. The summed E-state index contributed by atoms with van der Waals surface area (Å²) in [6, 6.07) is 4.02. The Balaban J connectivity index is 1.84. The Hall–Kier alpha value is -1.35. The number of hydrogen-bond acceptors (Lipinski definition) is 4. The first-order valence-corrected chi connectivity index (χ1v) is 9.57. The van der Waals surface area contributed by atoms with E-state index in [0.29, 0.717) is 36.7 Å². The number of nitrogens with zero attached hydrogens (tertiary/aromatic N) is 3. The molecule has 1 unspecified atom stereocenters. The molecule has 0 aliphatic carbocycles. The lowest BCUT2D eigenvalue weighted by molar-refractivity contribution is 0.330. The van der Waals surface area contributed by atoms with Crippen molar-refractivity contribution in [1.82, 2.24) is 19.1 Å². The van der Waals surface area contributed by atoms with E-state index in [2.05, 4.69) is 10.2 Å². The van der Waals surface area contributed by atoms with Gasteiger partial charge >= 0.3 is 5.69 Å². The summed E-state index contributed by atoms with van der Waals surface area (Å²) in [5.74, 6) is 0.655. The van der Waals surface area contributed by atoms with E-state index in [0.717, 1.165) is 0 Å². The van der Waals surface area contributed by atoms with Gasteiger partial charge in [0.15, 0.2) is 0 Å². The first-order chi connectivity index (χ1) is 11.3. The van der Waals surface area contributed by atoms with E-state index in [-0.39, 0.29) is 21.6 Å². The van der Waals surface area contributed by atoms with Crippen LogP contribution in [-0.2, 0) is 23.0 Å². The summed E-state index contributed by atoms with van der Waals surface area (Å²) in [7, 11) is -2.16. The highest BCUT2D eigenvalue weighted by molar-refractivity contribution is 7.89. The van der Waals surface area contributed by atoms with Gasteiger partial charge in [-0.3, -0.25) is 4.57 Å². The first-order valence-electron chi connectivity index (χ1n) is 7.38. The van der Waals surface area contributed by atoms with Crippen molar-refractivity contribution in [2.45, 2.75) is 36.7 Å². The zero-order valence-electron chi connectivity index (χ0n) is 12.9. The Morgan fingerprint density at radius 1 is 1.29 bits per heavy atom. The highest BCUT2D eigenvalue weighted by Gasteiger charge is 2.30. The molecular formula is C14H16Cl2N4O3S. The summed E-state index contributed by atoms with van der Waals surface area (Å²) >= 11 is 11.8. The molecule has 24 heavy (non-hydrogen) atoms. The largest absolute Gasteiger partial charge is 0.343 e. The molecule has 0 saturated carbocycles. The standard InChI is InChI=1S/C14H16Cl2N4O3S/c1-19(24(22,23)10-3-4-11(15)12(16)8-10)9-2-5-13-17-18-14(21)20(13)7-6-9/h3-4,8-9H,2,5-7H2,1H3,(H,18,21). The molecule has 1 N–H and O–H groups in total. The molecule has 3 rings (SSSR count). The molecule has 1 aliphatic heterocycles. The number of benzene rings is 1. The van der Waals surface area contributed by atoms with E-state index in [1.807, 2.05) is 0 Å². The van der Waals surface area contributed by atoms with Gasteiger partial charge in [0.2, 0.25) is 10.0 Å². The van der Waals surface area contributed by atoms with Gasteiger partial charge in [0.25, 0.3) is 0 Å². The molecule has 0 saturated heterocycles. The lowest BCUT2D eigenvalue weighted by atomic mass is 10.1. The van der Waals surface area contributed by atoms with Gasteiger partial charge in [0, 0.05) is 26.1 Å². The molecule has 10 heteroatoms. The quantitative estimate of drug-likeness (QED) is 0.866. The number of aryl methyl sites for hydroxylation is 1. The molecule has 0 radical (unpaired) electrons. The zero-order chi connectivity index (χ0) is 17.5. The van der Waals surface area contributed by atoms with Gasteiger partial charge in [0.05, 0.1) is 14.9 Å². The maximum atomic E-state index is 12.8. The van der Waals surface area contributed by atoms with Crippen molar-refractivity contribution in [3.8, 4) is 0 Å². The number of hydrogen-bond donors (Lipinski definition) is 1. The van der Waals surface area contributed by atoms with E-state index < -0.39 is 10.0 Å². The predicted octanol–water partition coefficient (Wildman–Crippen LogP) is 1.90. The smallest absolute Gasteiger partial charge is 0.279 e. The van der Waals surface area contributed by atoms with Crippen molar-refractivity contribution in [3.05, 3.63) is 44.6 Å². The van der Waals surface area contributed by atoms with Gasteiger partial charge in [-0.1, -0.05) is 23.2 Å². The van der Waals surface area contributed by atoms with E-state index in [4.69, 9.17) is 23.2 Å². The highest BCUT2D eigenvalue weighted by Crippen LogP contribution is 2.28. The van der Waals surface area contributed by atoms with E-state index >= 15 is 0 Å². The minimum absolute atomic E-state index is 0.0965. The third-order valence-electron chi connectivity index (χ3n) is 4.31. The predicted molar refractivity (Wildman–Crippen MR) is 91.0 cm³/mol. The average Bonchev–Trinajstić information content (AvgIpc) is 2.77. The lowest BCUT2D eigenvalue weighted by Gasteiger charge is -2.26. The molecule has 7 nitrogen and oxygen atoms in total. The number of rotatable bonds is 3. The summed E-state index contributed by atoms with van der Waals surface area (Å²) in [6.07, 6.45) is 1.65. The maximum Gasteiger partial charge on any atom is 0.343 e. The minimum Gasteiger partial charge on any atom is -0.279 e. The lowest BCUT2D eigenvalue weighted by Crippen LogP contribution is -2.37. The van der Waals surface area contributed by atoms with Crippen molar-refractivity contribution >= 4 is 33.2 Å². The van der Waals surface area contributed by atoms with Crippen LogP contribution in [0, 0.1) is 0 Å². The molecule has 2 heterocycles. The van der Waals surface area contributed by atoms with Crippen molar-refractivity contribution in [1.29, 1.82) is 0 Å².